The first-order valence-corrected chi connectivity index (χ1v) is 34.0. The van der Waals surface area contributed by atoms with Gasteiger partial charge < -0.3 is 62.7 Å². The predicted molar refractivity (Wildman–Crippen MR) is 361 cm³/mol. The lowest BCUT2D eigenvalue weighted by Crippen LogP contribution is -2.38. The zero-order chi connectivity index (χ0) is 71.9. The van der Waals surface area contributed by atoms with E-state index in [0.717, 1.165) is 44.9 Å². The summed E-state index contributed by atoms with van der Waals surface area (Å²) >= 11 is 6.71. The number of nitrogens with one attached hydrogen (secondary N) is 2. The van der Waals surface area contributed by atoms with Gasteiger partial charge in [0, 0.05) is 39.9 Å². The predicted octanol–water partition coefficient (Wildman–Crippen LogP) is 11.4. The zero-order valence-corrected chi connectivity index (χ0v) is 61.5. The zero-order valence-electron chi connectivity index (χ0n) is 59.0. The fraction of sp³-hybridized carbons (Fsp3) is 0.769. The molecule has 0 aliphatic rings. The smallest absolute Gasteiger partial charge is 0.407 e. The molecule has 0 rings (SSSR count). The monoisotopic (exact) mass is 1370 g/mol. The number of rotatable bonds is 39. The third-order valence-corrected chi connectivity index (χ3v) is 14.3. The normalized spacial score (nSPS) is 12.4. The fourth-order valence-corrected chi connectivity index (χ4v) is 8.93. The Labute approximate surface area is 563 Å². The van der Waals surface area contributed by atoms with Gasteiger partial charge in [-0.15, -0.1) is 0 Å². The van der Waals surface area contributed by atoms with E-state index in [4.69, 9.17) is 37.9 Å². The van der Waals surface area contributed by atoms with Gasteiger partial charge in [0.25, 0.3) is 0 Å². The van der Waals surface area contributed by atoms with Crippen molar-refractivity contribution in [1.29, 1.82) is 0 Å². The topological polar surface area (TPSA) is 313 Å². The first kappa shape index (κ1) is 95.0. The summed E-state index contributed by atoms with van der Waals surface area (Å²) in [4.78, 5) is 127. The number of esters is 9. The first-order valence-electron chi connectivity index (χ1n) is 31.1. The van der Waals surface area contributed by atoms with E-state index in [1.807, 2.05) is 27.7 Å². The van der Waals surface area contributed by atoms with Crippen LogP contribution in [0.25, 0.3) is 0 Å². The van der Waals surface area contributed by atoms with Crippen molar-refractivity contribution in [3.8, 4) is 0 Å². The van der Waals surface area contributed by atoms with Gasteiger partial charge in [-0.3, -0.25) is 33.6 Å². The summed E-state index contributed by atoms with van der Waals surface area (Å²) < 4.78 is 54.6. The SMILES string of the molecule is C=C(C)C(=O)OCCCC.C=C(C)C(=O)OCCNC(=O)OC(C)(C)C.CCCCOC(=O)C(C)CC(C)(CSCCC(=O)OC)C(=O)OCCC.CCCCOC(=O)C(C)CC(C)(CSCCC(=O)OC)C(=O)OCCNC(=O)OC(C)(C)C.COC(=O)CCS. The lowest BCUT2D eigenvalue weighted by atomic mass is 9.83. The van der Waals surface area contributed by atoms with Crippen molar-refractivity contribution >= 4 is 102 Å². The van der Waals surface area contributed by atoms with Crippen LogP contribution in [-0.4, -0.2) is 180 Å². The van der Waals surface area contributed by atoms with Crippen LogP contribution in [0.15, 0.2) is 24.3 Å². The number of methoxy groups -OCH3 is 3. The van der Waals surface area contributed by atoms with Gasteiger partial charge in [0.05, 0.1) is 103 Å². The van der Waals surface area contributed by atoms with Gasteiger partial charge in [0.15, 0.2) is 0 Å². The van der Waals surface area contributed by atoms with E-state index < -0.39 is 58.0 Å². The van der Waals surface area contributed by atoms with Crippen molar-refractivity contribution in [1.82, 2.24) is 10.6 Å². The van der Waals surface area contributed by atoms with Gasteiger partial charge in [0.1, 0.15) is 24.4 Å². The molecule has 24 nitrogen and oxygen atoms in total. The van der Waals surface area contributed by atoms with Crippen molar-refractivity contribution < 1.29 is 105 Å². The van der Waals surface area contributed by atoms with Crippen LogP contribution in [0.3, 0.4) is 0 Å². The molecule has 2 N–H and O–H groups in total. The highest BCUT2D eigenvalue weighted by Crippen LogP contribution is 2.34. The Morgan fingerprint density at radius 3 is 1.07 bits per heavy atom. The van der Waals surface area contributed by atoms with Crippen LogP contribution in [0.1, 0.15) is 188 Å². The van der Waals surface area contributed by atoms with Crippen molar-refractivity contribution in [2.45, 2.75) is 199 Å². The summed E-state index contributed by atoms with van der Waals surface area (Å²) in [5.74, 6) is -1.45. The van der Waals surface area contributed by atoms with E-state index in [9.17, 15) is 52.7 Å². The Balaban J connectivity index is -0.000000377. The largest absolute Gasteiger partial charge is 0.469 e. The van der Waals surface area contributed by atoms with E-state index >= 15 is 0 Å². The number of unbranched alkanes of at least 4 members (excludes halogenated alkanes) is 3. The number of ether oxygens (including phenoxy) is 11. The summed E-state index contributed by atoms with van der Waals surface area (Å²) in [7, 11) is 4.04. The summed E-state index contributed by atoms with van der Waals surface area (Å²) in [6.07, 6.45) is 6.59. The molecule has 0 aliphatic carbocycles. The Morgan fingerprint density at radius 1 is 0.457 bits per heavy atom. The standard InChI is InChI=1S/C23H41NO8S.C19H34O6S.C11H19NO4.C8H14O2.C4H8O2S/c1-8-9-12-30-19(26)17(2)15-23(6,16-33-14-10-18(25)29-7)20(27)31-13-11-24-21(28)32-22(3,4)5;1-6-8-11-24-17(21)15(3)13-19(4,18(22)25-10-7-2)14-26-12-9-16(20)23-5;1-8(2)9(13)15-7-6-12-10(14)16-11(3,4)5;1-4-5-6-10-8(9)7(2)3;1-6-4(5)2-3-7/h17H,8-16H2,1-7H3,(H,24,28);15H,6-14H2,1-5H3;1,6-7H2,2-5H3,(H,12,14);2,4-6H2,1,3H3;7H,2-3H2,1H3. The minimum Gasteiger partial charge on any atom is -0.469 e. The molecule has 0 aliphatic heterocycles. The molecule has 4 unspecified atom stereocenters. The van der Waals surface area contributed by atoms with Crippen LogP contribution in [0.5, 0.6) is 0 Å². The summed E-state index contributed by atoms with van der Waals surface area (Å²) in [5, 5.41) is 5.00. The molecular formula is C65H116N2O22S3. The first-order chi connectivity index (χ1) is 42.9. The maximum atomic E-state index is 12.9. The highest BCUT2D eigenvalue weighted by Gasteiger charge is 2.40. The molecule has 92 heavy (non-hydrogen) atoms. The summed E-state index contributed by atoms with van der Waals surface area (Å²) in [6.45, 7) is 37.8. The molecule has 536 valence electrons. The van der Waals surface area contributed by atoms with Crippen LogP contribution >= 0.6 is 36.2 Å². The van der Waals surface area contributed by atoms with Crippen molar-refractivity contribution in [3.63, 3.8) is 0 Å². The number of thioether (sulfide) groups is 2. The second kappa shape index (κ2) is 56.8. The highest BCUT2D eigenvalue weighted by molar-refractivity contribution is 7.99. The van der Waals surface area contributed by atoms with E-state index in [1.165, 1.54) is 44.9 Å². The molecule has 0 saturated carbocycles. The van der Waals surface area contributed by atoms with Gasteiger partial charge in [-0.25, -0.2) is 19.2 Å². The molecule has 0 spiro atoms. The summed E-state index contributed by atoms with van der Waals surface area (Å²) in [6, 6.07) is 0. The molecule has 0 bridgehead atoms. The van der Waals surface area contributed by atoms with E-state index in [1.54, 1.807) is 76.2 Å². The van der Waals surface area contributed by atoms with Crippen molar-refractivity contribution in [2.24, 2.45) is 22.7 Å². The number of thiol groups is 1. The maximum absolute atomic E-state index is 12.9. The molecule has 0 fully saturated rings. The number of carbonyl (C=O) groups excluding carboxylic acids is 11. The average molecular weight is 1370 g/mol. The van der Waals surface area contributed by atoms with Crippen LogP contribution in [-0.2, 0) is 95.3 Å². The molecule has 0 aromatic rings. The Hall–Kier alpha value is -5.70. The number of hydrogen-bond donors (Lipinski definition) is 3. The van der Waals surface area contributed by atoms with Gasteiger partial charge >= 0.3 is 65.9 Å². The highest BCUT2D eigenvalue weighted by atomic mass is 32.2. The second-order valence-corrected chi connectivity index (χ2v) is 26.2. The third kappa shape index (κ3) is 58.1. The second-order valence-electron chi connectivity index (χ2n) is 23.5. The van der Waals surface area contributed by atoms with E-state index in [2.05, 4.69) is 57.6 Å². The van der Waals surface area contributed by atoms with Gasteiger partial charge in [0.2, 0.25) is 0 Å². The number of alkyl carbamates (subject to hydrolysis) is 2. The maximum Gasteiger partial charge on any atom is 0.407 e. The third-order valence-electron chi connectivity index (χ3n) is 11.4. The van der Waals surface area contributed by atoms with Crippen molar-refractivity contribution in [3.05, 3.63) is 24.3 Å². The molecule has 0 saturated heterocycles. The van der Waals surface area contributed by atoms with Gasteiger partial charge in [-0.1, -0.05) is 74.0 Å². The van der Waals surface area contributed by atoms with E-state index in [-0.39, 0.29) is 87.4 Å². The molecule has 4 atom stereocenters. The number of amides is 2. The van der Waals surface area contributed by atoms with Crippen LogP contribution in [0.2, 0.25) is 0 Å². The molecule has 0 radical (unpaired) electrons. The van der Waals surface area contributed by atoms with Gasteiger partial charge in [-0.05, 0) is 108 Å². The van der Waals surface area contributed by atoms with Crippen LogP contribution in [0.4, 0.5) is 9.59 Å². The van der Waals surface area contributed by atoms with Gasteiger partial charge in [-0.2, -0.15) is 36.2 Å². The number of hydrogen-bond acceptors (Lipinski definition) is 25. The Morgan fingerprint density at radius 2 is 0.772 bits per heavy atom. The van der Waals surface area contributed by atoms with Crippen LogP contribution < -0.4 is 10.6 Å². The minimum atomic E-state index is -0.976. The van der Waals surface area contributed by atoms with Crippen LogP contribution in [0, 0.1) is 22.7 Å². The molecule has 0 heterocycles. The molecule has 0 aromatic heterocycles. The molecule has 27 heteroatoms. The molecular weight excluding hydrogens is 1260 g/mol. The Bertz CT molecular complexity index is 2170. The quantitative estimate of drug-likeness (QED) is 0.0169. The minimum absolute atomic E-state index is 0.0319. The summed E-state index contributed by atoms with van der Waals surface area (Å²) in [5.41, 5.74) is -2.13. The van der Waals surface area contributed by atoms with Crippen molar-refractivity contribution in [2.75, 3.05) is 103 Å². The number of carbonyl (C=O) groups is 11. The lowest BCUT2D eigenvalue weighted by Gasteiger charge is -2.29. The fourth-order valence-electron chi connectivity index (χ4n) is 6.46. The molecule has 2 amide bonds. The molecule has 0 aromatic carbocycles. The lowest BCUT2D eigenvalue weighted by molar-refractivity contribution is -0.158. The average Bonchev–Trinajstić information content (AvgIpc) is 1.15. The van der Waals surface area contributed by atoms with E-state index in [0.29, 0.717) is 79.2 Å². The Kier molecular flexibility index (Phi) is 58.7.